The number of piperazine rings is 1. The van der Waals surface area contributed by atoms with E-state index in [1.807, 2.05) is 43.9 Å². The normalized spacial score (nSPS) is 19.2. The Morgan fingerprint density at radius 2 is 1.40 bits per heavy atom. The minimum atomic E-state index is -1.00. The number of unbranched alkanes of at least 4 members (excludes halogenated alkanes) is 1. The van der Waals surface area contributed by atoms with Gasteiger partial charge in [-0.15, -0.1) is 11.8 Å². The number of hydrazone groups is 2. The van der Waals surface area contributed by atoms with E-state index in [0.29, 0.717) is 91.2 Å². The molecule has 0 aliphatic carbocycles. The van der Waals surface area contributed by atoms with Crippen molar-refractivity contribution in [3.05, 3.63) is 33.4 Å². The molecule has 2 unspecified atom stereocenters. The Labute approximate surface area is 428 Å². The first-order valence-corrected chi connectivity index (χ1v) is 25.7. The number of hydrogen-bond donors (Lipinski definition) is 4. The van der Waals surface area contributed by atoms with E-state index in [2.05, 4.69) is 53.9 Å². The van der Waals surface area contributed by atoms with Gasteiger partial charge in [-0.3, -0.25) is 73.8 Å². The van der Waals surface area contributed by atoms with Gasteiger partial charge in [-0.05, 0) is 72.5 Å². The molecular formula is C45H71IN12O11S. The lowest BCUT2D eigenvalue weighted by atomic mass is 10.2. The maximum atomic E-state index is 13.7. The SMILES string of the molecule is COCCCCN1CCN(C(=O)CCCN2C(=O)CC(SC(C/C=N/NCN/N=C/c3ccc(I)cc3)CNC(=O)CN3CCN(COC=O)CCN(COC=O)CCN(CC(=O)O)CC3)C2=O)CC1. The van der Waals surface area contributed by atoms with E-state index in [4.69, 9.17) is 14.2 Å². The summed E-state index contributed by atoms with van der Waals surface area (Å²) in [6.07, 6.45) is 6.33. The fourth-order valence-corrected chi connectivity index (χ4v) is 9.58. The van der Waals surface area contributed by atoms with Gasteiger partial charge in [-0.1, -0.05) is 12.1 Å². The number of aliphatic carboxylic acids is 1. The molecule has 3 aliphatic heterocycles. The van der Waals surface area contributed by atoms with Gasteiger partial charge in [0, 0.05) is 133 Å². The third-order valence-corrected chi connectivity index (χ3v) is 14.0. The maximum Gasteiger partial charge on any atom is 0.317 e. The molecule has 1 aromatic carbocycles. The van der Waals surface area contributed by atoms with Gasteiger partial charge < -0.3 is 29.5 Å². The second-order valence-corrected chi connectivity index (χ2v) is 19.7. The van der Waals surface area contributed by atoms with E-state index < -0.39 is 11.2 Å². The van der Waals surface area contributed by atoms with E-state index in [-0.39, 0.29) is 88.0 Å². The predicted molar refractivity (Wildman–Crippen MR) is 272 cm³/mol. The number of benzene rings is 1. The van der Waals surface area contributed by atoms with Crippen LogP contribution >= 0.6 is 34.4 Å². The number of halogens is 1. The van der Waals surface area contributed by atoms with Crippen LogP contribution < -0.4 is 16.2 Å². The van der Waals surface area contributed by atoms with Gasteiger partial charge in [-0.25, -0.2) is 0 Å². The van der Waals surface area contributed by atoms with Crippen LogP contribution in [0.3, 0.4) is 0 Å². The first-order valence-electron chi connectivity index (χ1n) is 23.7. The van der Waals surface area contributed by atoms with Crippen LogP contribution in [0.25, 0.3) is 0 Å². The number of nitrogens with zero attached hydrogens (tertiary/aromatic N) is 9. The zero-order chi connectivity index (χ0) is 50.4. The molecule has 3 aliphatic rings. The number of amides is 4. The minimum absolute atomic E-state index is 0.00107. The molecule has 4 rings (SSSR count). The third kappa shape index (κ3) is 23.1. The Morgan fingerprint density at radius 1 is 0.800 bits per heavy atom. The molecule has 4 N–H and O–H groups in total. The van der Waals surface area contributed by atoms with Crippen LogP contribution in [-0.4, -0.2) is 250 Å². The largest absolute Gasteiger partial charge is 0.480 e. The van der Waals surface area contributed by atoms with Crippen LogP contribution in [0.4, 0.5) is 0 Å². The summed E-state index contributed by atoms with van der Waals surface area (Å²) in [6, 6.07) is 7.87. The lowest BCUT2D eigenvalue weighted by Gasteiger charge is -2.35. The smallest absolute Gasteiger partial charge is 0.317 e. The van der Waals surface area contributed by atoms with Crippen LogP contribution in [0.2, 0.25) is 0 Å². The summed E-state index contributed by atoms with van der Waals surface area (Å²) >= 11 is 3.54. The summed E-state index contributed by atoms with van der Waals surface area (Å²) in [4.78, 5) is 100. The molecule has 1 aromatic rings. The van der Waals surface area contributed by atoms with Crippen molar-refractivity contribution in [1.82, 2.24) is 50.5 Å². The van der Waals surface area contributed by atoms with Gasteiger partial charge >= 0.3 is 5.97 Å². The number of carbonyl (C=O) groups excluding carboxylic acids is 6. The number of thioether (sulfide) groups is 1. The van der Waals surface area contributed by atoms with E-state index in [9.17, 15) is 38.7 Å². The van der Waals surface area contributed by atoms with Gasteiger partial charge in [0.15, 0.2) is 0 Å². The van der Waals surface area contributed by atoms with Gasteiger partial charge in [0.05, 0.1) is 24.6 Å². The number of imide groups is 1. The predicted octanol–water partition coefficient (Wildman–Crippen LogP) is -0.599. The lowest BCUT2D eigenvalue weighted by Crippen LogP contribution is -2.49. The number of carbonyl (C=O) groups is 7. The highest BCUT2D eigenvalue weighted by Gasteiger charge is 2.40. The van der Waals surface area contributed by atoms with Crippen LogP contribution in [-0.2, 0) is 47.8 Å². The molecule has 23 nitrogen and oxygen atoms in total. The summed E-state index contributed by atoms with van der Waals surface area (Å²) in [5.74, 6) is -1.90. The third-order valence-electron chi connectivity index (χ3n) is 11.8. The molecule has 390 valence electrons. The zero-order valence-electron chi connectivity index (χ0n) is 40.2. The maximum absolute atomic E-state index is 13.7. The highest BCUT2D eigenvalue weighted by molar-refractivity contribution is 14.1. The van der Waals surface area contributed by atoms with Crippen LogP contribution in [0.1, 0.15) is 44.1 Å². The number of carboxylic acid groups (broad SMARTS) is 1. The van der Waals surface area contributed by atoms with Crippen molar-refractivity contribution in [2.24, 2.45) is 10.2 Å². The minimum Gasteiger partial charge on any atom is -0.480 e. The number of methoxy groups -OCH3 is 1. The highest BCUT2D eigenvalue weighted by atomic mass is 127. The Bertz CT molecular complexity index is 1830. The second-order valence-electron chi connectivity index (χ2n) is 17.0. The van der Waals surface area contributed by atoms with Crippen molar-refractivity contribution in [1.29, 1.82) is 0 Å². The summed E-state index contributed by atoms with van der Waals surface area (Å²) in [7, 11) is 1.70. The summed E-state index contributed by atoms with van der Waals surface area (Å²) in [6.45, 7) is 8.77. The number of likely N-dealkylation sites (tertiary alicyclic amines) is 1. The Balaban J connectivity index is 1.34. The summed E-state index contributed by atoms with van der Waals surface area (Å²) in [5.41, 5.74) is 6.71. The molecule has 3 saturated heterocycles. The standard InChI is InChI=1S/C45H71IN12O11S/c1-67-26-3-2-12-52-22-24-57(25-23-52)42(62)5-4-13-58-43(63)27-40(45(58)66)70-39(10-11-48-50-32-51-49-28-37-6-8-38(46)9-7-37)29-47-41(61)30-53-14-15-54(31-44(64)65)17-19-56(34-69-36-60)21-20-55(18-16-53)33-68-35-59/h6-9,11,28,35-36,39-40,50-51H,2-5,10,12-27,29-34H2,1H3,(H,47,61)(H,64,65)/b48-11+,49-28+. The van der Waals surface area contributed by atoms with E-state index >= 15 is 0 Å². The molecule has 0 bridgehead atoms. The fraction of sp³-hybridized carbons (Fsp3) is 0.667. The quantitative estimate of drug-likeness (QED) is 0.0143. The average molecular weight is 1120 g/mol. The zero-order valence-corrected chi connectivity index (χ0v) is 43.2. The Hall–Kier alpha value is -4.51. The number of rotatable bonds is 30. The molecule has 2 atom stereocenters. The number of hydrogen-bond acceptors (Lipinski definition) is 20. The molecule has 25 heteroatoms. The second kappa shape index (κ2) is 34.0. The number of carboxylic acids is 1. The molecule has 3 fully saturated rings. The molecule has 0 radical (unpaired) electrons. The van der Waals surface area contributed by atoms with Gasteiger partial charge in [0.25, 0.3) is 12.9 Å². The topological polar surface area (TPSA) is 251 Å². The van der Waals surface area contributed by atoms with Crippen LogP contribution in [0.15, 0.2) is 34.5 Å². The molecule has 0 saturated carbocycles. The first-order chi connectivity index (χ1) is 34.0. The van der Waals surface area contributed by atoms with Crippen molar-refractivity contribution in [2.45, 2.75) is 49.0 Å². The van der Waals surface area contributed by atoms with Gasteiger partial charge in [0.1, 0.15) is 20.1 Å². The summed E-state index contributed by atoms with van der Waals surface area (Å²) in [5, 5.41) is 20.1. The Morgan fingerprint density at radius 3 is 2.01 bits per heavy atom. The Kier molecular flexibility index (Phi) is 28.2. The molecule has 4 amide bonds. The van der Waals surface area contributed by atoms with Crippen molar-refractivity contribution in [2.75, 3.05) is 145 Å². The van der Waals surface area contributed by atoms with E-state index in [1.54, 1.807) is 24.4 Å². The highest BCUT2D eigenvalue weighted by Crippen LogP contribution is 2.30. The molecular weight excluding hydrogens is 1040 g/mol. The average Bonchev–Trinajstić information content (AvgIpc) is 3.61. The van der Waals surface area contributed by atoms with Crippen molar-refractivity contribution >= 4 is 89.3 Å². The monoisotopic (exact) mass is 1110 g/mol. The fourth-order valence-electron chi connectivity index (χ4n) is 7.90. The van der Waals surface area contributed by atoms with Gasteiger partial charge in [0.2, 0.25) is 23.6 Å². The number of nitrogens with one attached hydrogen (secondary N) is 3. The van der Waals surface area contributed by atoms with E-state index in [1.165, 1.54) is 16.7 Å². The molecule has 0 spiro atoms. The molecule has 70 heavy (non-hydrogen) atoms. The molecule has 3 heterocycles. The van der Waals surface area contributed by atoms with E-state index in [0.717, 1.165) is 48.2 Å². The first kappa shape index (κ1) is 58.1. The molecule has 0 aromatic heterocycles. The van der Waals surface area contributed by atoms with Gasteiger partial charge in [-0.2, -0.15) is 10.2 Å². The van der Waals surface area contributed by atoms with Crippen molar-refractivity contribution in [3.8, 4) is 0 Å². The van der Waals surface area contributed by atoms with Crippen molar-refractivity contribution in [3.63, 3.8) is 0 Å². The van der Waals surface area contributed by atoms with Crippen molar-refractivity contribution < 1.29 is 52.9 Å². The lowest BCUT2D eigenvalue weighted by molar-refractivity contribution is -0.140. The van der Waals surface area contributed by atoms with Crippen LogP contribution in [0.5, 0.6) is 0 Å². The van der Waals surface area contributed by atoms with Crippen LogP contribution in [0, 0.1) is 3.57 Å². The number of ether oxygens (including phenoxy) is 3. The summed E-state index contributed by atoms with van der Waals surface area (Å²) < 4.78 is 16.3.